The summed E-state index contributed by atoms with van der Waals surface area (Å²) in [6.45, 7) is 4.59. The Labute approximate surface area is 178 Å². The summed E-state index contributed by atoms with van der Waals surface area (Å²) in [5, 5.41) is 8.69. The first-order valence-electron chi connectivity index (χ1n) is 9.33. The molecule has 1 amide bonds. The first-order valence-corrected chi connectivity index (χ1v) is 9.71. The van der Waals surface area contributed by atoms with Crippen molar-refractivity contribution in [3.63, 3.8) is 0 Å². The van der Waals surface area contributed by atoms with Crippen LogP contribution in [0.15, 0.2) is 42.9 Å². The normalized spacial score (nSPS) is 11.0. The molecule has 0 spiro atoms. The molecular formula is C21H20ClN7O. The van der Waals surface area contributed by atoms with E-state index in [1.807, 2.05) is 13.8 Å². The van der Waals surface area contributed by atoms with Gasteiger partial charge in [0.25, 0.3) is 5.91 Å². The van der Waals surface area contributed by atoms with Crippen molar-refractivity contribution in [2.45, 2.75) is 26.9 Å². The molecule has 0 unspecified atom stereocenters. The van der Waals surface area contributed by atoms with Crippen LogP contribution in [-0.2, 0) is 13.1 Å². The fourth-order valence-electron chi connectivity index (χ4n) is 3.35. The summed E-state index contributed by atoms with van der Waals surface area (Å²) in [6, 6.07) is 7.04. The van der Waals surface area contributed by atoms with Gasteiger partial charge in [-0.05, 0) is 49.2 Å². The number of carbonyl (C=O) groups excluding carboxylic acids is 1. The minimum absolute atomic E-state index is 0.190. The number of hydrogen-bond donors (Lipinski definition) is 2. The number of anilines is 1. The van der Waals surface area contributed by atoms with E-state index in [0.29, 0.717) is 40.8 Å². The molecule has 0 aliphatic heterocycles. The molecule has 0 aromatic carbocycles. The standard InChI is InChI=1S/C21H20ClN7O/c1-12-5-19(23)28-13(2)18(12)10-26-21(30)14-3-4-24-17(7-14)11-29-20-15(8-27-29)6-16(22)9-25-20/h3-9H,10-11H2,1-2H3,(H2,23,28)(H,26,30). The van der Waals surface area contributed by atoms with Crippen molar-refractivity contribution >= 4 is 34.4 Å². The van der Waals surface area contributed by atoms with Gasteiger partial charge in [0.05, 0.1) is 23.5 Å². The van der Waals surface area contributed by atoms with Gasteiger partial charge in [0.2, 0.25) is 0 Å². The molecule has 152 valence electrons. The minimum Gasteiger partial charge on any atom is -0.384 e. The smallest absolute Gasteiger partial charge is 0.251 e. The van der Waals surface area contributed by atoms with Gasteiger partial charge in [-0.25, -0.2) is 14.6 Å². The molecule has 3 N–H and O–H groups in total. The molecule has 4 aromatic heterocycles. The highest BCUT2D eigenvalue weighted by atomic mass is 35.5. The Balaban J connectivity index is 1.49. The maximum atomic E-state index is 12.7. The Morgan fingerprint density at radius 2 is 2.03 bits per heavy atom. The van der Waals surface area contributed by atoms with Crippen molar-refractivity contribution < 1.29 is 4.79 Å². The molecule has 0 bridgehead atoms. The first-order chi connectivity index (χ1) is 14.4. The fraction of sp³-hybridized carbons (Fsp3) is 0.190. The third-order valence-corrected chi connectivity index (χ3v) is 5.04. The van der Waals surface area contributed by atoms with Gasteiger partial charge in [-0.1, -0.05) is 11.6 Å². The van der Waals surface area contributed by atoms with Crippen molar-refractivity contribution in [3.05, 3.63) is 76.0 Å². The van der Waals surface area contributed by atoms with Gasteiger partial charge in [-0.3, -0.25) is 9.78 Å². The van der Waals surface area contributed by atoms with Crippen molar-refractivity contribution in [3.8, 4) is 0 Å². The highest BCUT2D eigenvalue weighted by Gasteiger charge is 2.12. The number of amides is 1. The Bertz CT molecular complexity index is 1230. The van der Waals surface area contributed by atoms with Gasteiger partial charge in [0.1, 0.15) is 5.82 Å². The number of rotatable bonds is 5. The number of carbonyl (C=O) groups is 1. The molecule has 0 aliphatic carbocycles. The van der Waals surface area contributed by atoms with E-state index < -0.39 is 0 Å². The van der Waals surface area contributed by atoms with Crippen molar-refractivity contribution in [1.29, 1.82) is 0 Å². The molecule has 8 nitrogen and oxygen atoms in total. The molecule has 0 radical (unpaired) electrons. The van der Waals surface area contributed by atoms with Crippen LogP contribution in [0, 0.1) is 13.8 Å². The van der Waals surface area contributed by atoms with Crippen LogP contribution >= 0.6 is 11.6 Å². The van der Waals surface area contributed by atoms with E-state index in [1.165, 1.54) is 0 Å². The van der Waals surface area contributed by atoms with Crippen LogP contribution in [0.1, 0.15) is 32.9 Å². The number of hydrogen-bond acceptors (Lipinski definition) is 6. The average Bonchev–Trinajstić information content (AvgIpc) is 3.09. The molecule has 4 aromatic rings. The largest absolute Gasteiger partial charge is 0.384 e. The Kier molecular flexibility index (Phi) is 5.33. The number of nitrogens with one attached hydrogen (secondary N) is 1. The van der Waals surface area contributed by atoms with Gasteiger partial charge < -0.3 is 11.1 Å². The van der Waals surface area contributed by atoms with Crippen LogP contribution in [0.2, 0.25) is 5.02 Å². The van der Waals surface area contributed by atoms with Gasteiger partial charge in [0.15, 0.2) is 5.65 Å². The summed E-state index contributed by atoms with van der Waals surface area (Å²) < 4.78 is 1.72. The van der Waals surface area contributed by atoms with E-state index in [2.05, 4.69) is 25.4 Å². The molecule has 9 heteroatoms. The summed E-state index contributed by atoms with van der Waals surface area (Å²) in [5.74, 6) is 0.284. The Morgan fingerprint density at radius 1 is 1.20 bits per heavy atom. The number of fused-ring (bicyclic) bond motifs is 1. The number of halogens is 1. The zero-order valence-corrected chi connectivity index (χ0v) is 17.3. The Hall–Kier alpha value is -3.52. The van der Waals surface area contributed by atoms with Crippen molar-refractivity contribution in [2.75, 3.05) is 5.73 Å². The van der Waals surface area contributed by atoms with Crippen LogP contribution in [0.3, 0.4) is 0 Å². The SMILES string of the molecule is Cc1cc(N)nc(C)c1CNC(=O)c1ccnc(Cn2ncc3cc(Cl)cnc32)c1. The number of aromatic nitrogens is 5. The van der Waals surface area contributed by atoms with Crippen LogP contribution in [0.25, 0.3) is 11.0 Å². The van der Waals surface area contributed by atoms with Gasteiger partial charge in [0, 0.05) is 35.6 Å². The van der Waals surface area contributed by atoms with Crippen LogP contribution in [-0.4, -0.2) is 30.6 Å². The molecule has 4 heterocycles. The number of nitrogens with zero attached hydrogens (tertiary/aromatic N) is 5. The van der Waals surface area contributed by atoms with Gasteiger partial charge >= 0.3 is 0 Å². The molecule has 0 fully saturated rings. The van der Waals surface area contributed by atoms with Gasteiger partial charge in [-0.15, -0.1) is 0 Å². The zero-order chi connectivity index (χ0) is 21.3. The fourth-order valence-corrected chi connectivity index (χ4v) is 3.51. The molecule has 4 rings (SSSR count). The molecular weight excluding hydrogens is 402 g/mol. The number of pyridine rings is 3. The first kappa shape index (κ1) is 19.8. The zero-order valence-electron chi connectivity index (χ0n) is 16.6. The lowest BCUT2D eigenvalue weighted by Crippen LogP contribution is -2.24. The van der Waals surface area contributed by atoms with E-state index >= 15 is 0 Å². The summed E-state index contributed by atoms with van der Waals surface area (Å²) in [4.78, 5) is 25.6. The lowest BCUT2D eigenvalue weighted by molar-refractivity contribution is 0.0950. The second-order valence-electron chi connectivity index (χ2n) is 7.02. The van der Waals surface area contributed by atoms with E-state index in [4.69, 9.17) is 17.3 Å². The predicted molar refractivity (Wildman–Crippen MR) is 115 cm³/mol. The molecule has 0 saturated carbocycles. The van der Waals surface area contributed by atoms with Gasteiger partial charge in [-0.2, -0.15) is 5.10 Å². The molecule has 0 saturated heterocycles. The average molecular weight is 422 g/mol. The highest BCUT2D eigenvalue weighted by Crippen LogP contribution is 2.17. The second-order valence-corrected chi connectivity index (χ2v) is 7.45. The summed E-state index contributed by atoms with van der Waals surface area (Å²) >= 11 is 5.98. The van der Waals surface area contributed by atoms with E-state index in [0.717, 1.165) is 22.2 Å². The summed E-state index contributed by atoms with van der Waals surface area (Å²) in [5.41, 5.74) is 10.5. The summed E-state index contributed by atoms with van der Waals surface area (Å²) in [6.07, 6.45) is 4.90. The molecule has 30 heavy (non-hydrogen) atoms. The number of nitrogen functional groups attached to an aromatic ring is 1. The Morgan fingerprint density at radius 3 is 2.83 bits per heavy atom. The highest BCUT2D eigenvalue weighted by molar-refractivity contribution is 6.31. The molecule has 0 aliphatic rings. The van der Waals surface area contributed by atoms with Crippen molar-refractivity contribution in [2.24, 2.45) is 0 Å². The maximum Gasteiger partial charge on any atom is 0.251 e. The topological polar surface area (TPSA) is 112 Å². The quantitative estimate of drug-likeness (QED) is 0.512. The second kappa shape index (κ2) is 8.08. The maximum absolute atomic E-state index is 12.7. The van der Waals surface area contributed by atoms with Crippen LogP contribution < -0.4 is 11.1 Å². The monoisotopic (exact) mass is 421 g/mol. The minimum atomic E-state index is -0.190. The predicted octanol–water partition coefficient (Wildman–Crippen LogP) is 3.05. The molecule has 0 atom stereocenters. The van der Waals surface area contributed by atoms with Crippen LogP contribution in [0.5, 0.6) is 0 Å². The number of nitrogens with two attached hydrogens (primary N) is 1. The lowest BCUT2D eigenvalue weighted by Gasteiger charge is -2.12. The van der Waals surface area contributed by atoms with E-state index in [-0.39, 0.29) is 5.91 Å². The lowest BCUT2D eigenvalue weighted by atomic mass is 10.1. The van der Waals surface area contributed by atoms with Crippen LogP contribution in [0.4, 0.5) is 5.82 Å². The number of aryl methyl sites for hydroxylation is 2. The summed E-state index contributed by atoms with van der Waals surface area (Å²) in [7, 11) is 0. The van der Waals surface area contributed by atoms with E-state index in [9.17, 15) is 4.79 Å². The van der Waals surface area contributed by atoms with E-state index in [1.54, 1.807) is 47.5 Å². The van der Waals surface area contributed by atoms with Crippen molar-refractivity contribution in [1.82, 2.24) is 30.0 Å². The third kappa shape index (κ3) is 4.08. The third-order valence-electron chi connectivity index (χ3n) is 4.83.